The van der Waals surface area contributed by atoms with Gasteiger partial charge in [0.2, 0.25) is 0 Å². The number of halogens is 2. The predicted molar refractivity (Wildman–Crippen MR) is 157 cm³/mol. The molecule has 0 saturated heterocycles. The van der Waals surface area contributed by atoms with E-state index in [0.717, 1.165) is 12.1 Å². The summed E-state index contributed by atoms with van der Waals surface area (Å²) in [6.45, 7) is 3.38. The van der Waals surface area contributed by atoms with Crippen molar-refractivity contribution in [1.82, 2.24) is 30.7 Å². The monoisotopic (exact) mass is 602 g/mol. The summed E-state index contributed by atoms with van der Waals surface area (Å²) >= 11 is 1.36. The van der Waals surface area contributed by atoms with Gasteiger partial charge in [0.1, 0.15) is 11.6 Å². The van der Waals surface area contributed by atoms with Gasteiger partial charge in [-0.25, -0.2) is 13.8 Å². The van der Waals surface area contributed by atoms with Gasteiger partial charge in [0.05, 0.1) is 17.8 Å². The van der Waals surface area contributed by atoms with Crippen molar-refractivity contribution in [3.05, 3.63) is 92.7 Å². The summed E-state index contributed by atoms with van der Waals surface area (Å²) in [5, 5.41) is 14.5. The number of carbonyl (C=O) groups is 3. The van der Waals surface area contributed by atoms with E-state index in [1.54, 1.807) is 61.4 Å². The number of aryl methyl sites for hydroxylation is 2. The summed E-state index contributed by atoms with van der Waals surface area (Å²) < 4.78 is 32.5. The first kappa shape index (κ1) is 29.6. The Morgan fingerprint density at radius 1 is 1.09 bits per heavy atom. The minimum Gasteiger partial charge on any atom is -0.344 e. The number of nitrogens with one attached hydrogen (secondary N) is 3. The summed E-state index contributed by atoms with van der Waals surface area (Å²) in [5.41, 5.74) is 1.53. The number of hydrogen-bond donors (Lipinski definition) is 3. The molecule has 4 aromatic rings. The molecule has 0 unspecified atom stereocenters. The molecule has 0 spiro atoms. The summed E-state index contributed by atoms with van der Waals surface area (Å²) in [6.07, 6.45) is 2.46. The molecule has 220 valence electrons. The fraction of sp³-hybridized carbons (Fsp3) is 0.258. The number of benzene rings is 2. The van der Waals surface area contributed by atoms with Crippen molar-refractivity contribution < 1.29 is 23.2 Å². The van der Waals surface area contributed by atoms with Gasteiger partial charge in [-0.1, -0.05) is 24.1 Å². The summed E-state index contributed by atoms with van der Waals surface area (Å²) in [4.78, 5) is 42.0. The Bertz CT molecular complexity index is 1780. The maximum absolute atomic E-state index is 16.0. The van der Waals surface area contributed by atoms with E-state index in [0.29, 0.717) is 40.4 Å². The molecule has 0 radical (unpaired) electrons. The van der Waals surface area contributed by atoms with Crippen molar-refractivity contribution in [2.24, 2.45) is 7.05 Å². The SMILES string of the molecule is Cc1nn(C)c(C)c1-c1cc(F)cc(C2(NC(=O)c3ccccc3CNC(=O)C(=O)NCC#Cc3nccs3)CC2)c1F. The maximum atomic E-state index is 16.0. The third-order valence-electron chi connectivity index (χ3n) is 7.31. The van der Waals surface area contributed by atoms with Crippen molar-refractivity contribution in [1.29, 1.82) is 0 Å². The molecule has 0 aliphatic heterocycles. The molecule has 5 rings (SSSR count). The van der Waals surface area contributed by atoms with Crippen LogP contribution in [0.1, 0.15) is 50.7 Å². The molecule has 43 heavy (non-hydrogen) atoms. The zero-order valence-corrected chi connectivity index (χ0v) is 24.5. The van der Waals surface area contributed by atoms with Gasteiger partial charge in [-0.05, 0) is 56.4 Å². The molecule has 3 N–H and O–H groups in total. The first-order valence-corrected chi connectivity index (χ1v) is 14.3. The molecule has 9 nitrogen and oxygen atoms in total. The standard InChI is InChI=1S/C31H28F2N6O3S/c1-18-26(19(2)39(3)38-18)23-15-21(32)16-24(27(23)33)31(10-11-31)37-28(40)22-8-5-4-7-20(22)17-36-30(42)29(41)35-12-6-9-25-34-13-14-43-25/h4-5,7-8,13-16H,10-12,17H2,1-3H3,(H,35,41)(H,36,42)(H,37,40). The lowest BCUT2D eigenvalue weighted by molar-refractivity contribution is -0.139. The van der Waals surface area contributed by atoms with Crippen LogP contribution >= 0.6 is 11.3 Å². The molecule has 1 saturated carbocycles. The van der Waals surface area contributed by atoms with Crippen LogP contribution in [0.2, 0.25) is 0 Å². The first-order valence-electron chi connectivity index (χ1n) is 13.4. The Morgan fingerprint density at radius 3 is 2.51 bits per heavy atom. The first-order chi connectivity index (χ1) is 20.6. The summed E-state index contributed by atoms with van der Waals surface area (Å²) in [5.74, 6) is 1.99. The molecule has 2 heterocycles. The zero-order chi connectivity index (χ0) is 30.7. The smallest absolute Gasteiger partial charge is 0.310 e. The van der Waals surface area contributed by atoms with Crippen LogP contribution in [0.5, 0.6) is 0 Å². The molecule has 1 fully saturated rings. The number of hydrogen-bond acceptors (Lipinski definition) is 6. The quantitative estimate of drug-likeness (QED) is 0.221. The van der Waals surface area contributed by atoms with E-state index in [-0.39, 0.29) is 29.8 Å². The van der Waals surface area contributed by atoms with E-state index in [1.807, 2.05) is 0 Å². The molecule has 1 aliphatic carbocycles. The van der Waals surface area contributed by atoms with Crippen LogP contribution in [-0.2, 0) is 28.7 Å². The second-order valence-corrected chi connectivity index (χ2v) is 11.1. The lowest BCUT2D eigenvalue weighted by Crippen LogP contribution is -2.40. The Kier molecular flexibility index (Phi) is 8.36. The second-order valence-electron chi connectivity index (χ2n) is 10.2. The van der Waals surface area contributed by atoms with E-state index in [2.05, 4.69) is 37.9 Å². The number of amides is 3. The normalized spacial score (nSPS) is 13.0. The largest absolute Gasteiger partial charge is 0.344 e. The average Bonchev–Trinajstić information content (AvgIpc) is 3.46. The van der Waals surface area contributed by atoms with Gasteiger partial charge >= 0.3 is 11.8 Å². The molecule has 12 heteroatoms. The molecular formula is C31H28F2N6O3S. The van der Waals surface area contributed by atoms with Gasteiger partial charge in [0.15, 0.2) is 5.01 Å². The van der Waals surface area contributed by atoms with E-state index in [9.17, 15) is 18.8 Å². The highest BCUT2D eigenvalue weighted by Crippen LogP contribution is 2.48. The van der Waals surface area contributed by atoms with Gasteiger partial charge in [-0.3, -0.25) is 19.1 Å². The van der Waals surface area contributed by atoms with Gasteiger partial charge in [0, 0.05) is 53.1 Å². The zero-order valence-electron chi connectivity index (χ0n) is 23.7. The minimum absolute atomic E-state index is 0.0365. The fourth-order valence-electron chi connectivity index (χ4n) is 4.92. The third kappa shape index (κ3) is 6.32. The topological polar surface area (TPSA) is 118 Å². The number of carbonyl (C=O) groups excluding carboxylic acids is 3. The number of aromatic nitrogens is 3. The predicted octanol–water partition coefficient (Wildman–Crippen LogP) is 3.64. The van der Waals surface area contributed by atoms with Gasteiger partial charge < -0.3 is 16.0 Å². The average molecular weight is 603 g/mol. The maximum Gasteiger partial charge on any atom is 0.310 e. The van der Waals surface area contributed by atoms with Gasteiger partial charge in [-0.15, -0.1) is 11.3 Å². The van der Waals surface area contributed by atoms with Crippen molar-refractivity contribution in [2.45, 2.75) is 38.8 Å². The fourth-order valence-corrected chi connectivity index (χ4v) is 5.42. The van der Waals surface area contributed by atoms with Crippen LogP contribution in [0.3, 0.4) is 0 Å². The Labute approximate surface area is 250 Å². The Morgan fingerprint density at radius 2 is 1.84 bits per heavy atom. The van der Waals surface area contributed by atoms with E-state index >= 15 is 4.39 Å². The van der Waals surface area contributed by atoms with Gasteiger partial charge in [0.25, 0.3) is 5.91 Å². The summed E-state index contributed by atoms with van der Waals surface area (Å²) in [7, 11) is 1.74. The summed E-state index contributed by atoms with van der Waals surface area (Å²) in [6, 6.07) is 8.82. The Balaban J connectivity index is 1.28. The highest BCUT2D eigenvalue weighted by molar-refractivity contribution is 7.10. The van der Waals surface area contributed by atoms with Crippen LogP contribution in [0, 0.1) is 37.3 Å². The third-order valence-corrected chi connectivity index (χ3v) is 8.00. The second kappa shape index (κ2) is 12.1. The number of nitrogens with zero attached hydrogens (tertiary/aromatic N) is 3. The van der Waals surface area contributed by atoms with Crippen molar-refractivity contribution in [3.63, 3.8) is 0 Å². The number of thiazole rings is 1. The lowest BCUT2D eigenvalue weighted by Gasteiger charge is -2.21. The van der Waals surface area contributed by atoms with Crippen molar-refractivity contribution in [2.75, 3.05) is 6.54 Å². The molecule has 3 amide bonds. The molecule has 1 aliphatic rings. The molecule has 0 atom stereocenters. The highest BCUT2D eigenvalue weighted by Gasteiger charge is 2.48. The minimum atomic E-state index is -1.09. The van der Waals surface area contributed by atoms with Crippen molar-refractivity contribution in [3.8, 4) is 23.0 Å². The van der Waals surface area contributed by atoms with Crippen molar-refractivity contribution >= 4 is 29.1 Å². The van der Waals surface area contributed by atoms with Crippen LogP contribution in [-0.4, -0.2) is 39.0 Å². The molecule has 2 aromatic heterocycles. The van der Waals surface area contributed by atoms with E-state index in [4.69, 9.17) is 0 Å². The number of rotatable bonds is 7. The van der Waals surface area contributed by atoms with Crippen LogP contribution in [0.15, 0.2) is 48.0 Å². The highest BCUT2D eigenvalue weighted by atomic mass is 32.1. The molecule has 2 aromatic carbocycles. The Hall–Kier alpha value is -4.89. The van der Waals surface area contributed by atoms with Crippen LogP contribution in [0.4, 0.5) is 8.78 Å². The molecular weight excluding hydrogens is 574 g/mol. The van der Waals surface area contributed by atoms with Crippen LogP contribution in [0.25, 0.3) is 11.1 Å². The molecule has 0 bridgehead atoms. The van der Waals surface area contributed by atoms with E-state index < -0.39 is 34.9 Å². The van der Waals surface area contributed by atoms with Gasteiger partial charge in [-0.2, -0.15) is 5.10 Å². The lowest BCUT2D eigenvalue weighted by atomic mass is 9.95. The van der Waals surface area contributed by atoms with E-state index in [1.165, 1.54) is 11.3 Å². The van der Waals surface area contributed by atoms with Crippen LogP contribution < -0.4 is 16.0 Å².